The van der Waals surface area contributed by atoms with Crippen LogP contribution in [0.2, 0.25) is 0 Å². The molecule has 116 valence electrons. The van der Waals surface area contributed by atoms with E-state index < -0.39 is 0 Å². The van der Waals surface area contributed by atoms with Gasteiger partial charge in [0.2, 0.25) is 0 Å². The fraction of sp³-hybridized carbons (Fsp3) is 0.105. The van der Waals surface area contributed by atoms with Crippen molar-refractivity contribution in [3.8, 4) is 5.75 Å². The van der Waals surface area contributed by atoms with Gasteiger partial charge in [-0.3, -0.25) is 5.43 Å². The summed E-state index contributed by atoms with van der Waals surface area (Å²) in [6.07, 6.45) is 0. The molecule has 0 bridgehead atoms. The van der Waals surface area contributed by atoms with Crippen molar-refractivity contribution in [2.45, 2.75) is 13.0 Å². The molecule has 23 heavy (non-hydrogen) atoms. The summed E-state index contributed by atoms with van der Waals surface area (Å²) in [5.41, 5.74) is 6.41. The van der Waals surface area contributed by atoms with Gasteiger partial charge in [0.05, 0.1) is 11.8 Å². The molecule has 0 saturated heterocycles. The number of benzene rings is 2. The quantitative estimate of drug-likeness (QED) is 0.534. The van der Waals surface area contributed by atoms with Crippen LogP contribution in [0.3, 0.4) is 0 Å². The monoisotopic (exact) mass is 322 g/mol. The molecule has 1 heterocycles. The van der Waals surface area contributed by atoms with Crippen LogP contribution in [0.25, 0.3) is 0 Å². The number of nitrogens with one attached hydrogen (secondary N) is 1. The summed E-state index contributed by atoms with van der Waals surface area (Å²) in [6, 6.07) is 21.4. The summed E-state index contributed by atoms with van der Waals surface area (Å²) >= 11 is 1.67. The smallest absolute Gasteiger partial charge is 0.115 e. The van der Waals surface area contributed by atoms with Crippen LogP contribution in [0.4, 0.5) is 0 Å². The molecule has 2 aromatic carbocycles. The minimum atomic E-state index is -0.0632. The third kappa shape index (κ3) is 3.79. The van der Waals surface area contributed by atoms with E-state index in [0.717, 1.165) is 21.7 Å². The van der Waals surface area contributed by atoms with Gasteiger partial charge in [-0.25, -0.2) is 0 Å². The number of nitrogens with zero attached hydrogens (tertiary/aromatic N) is 1. The van der Waals surface area contributed by atoms with Gasteiger partial charge < -0.3 is 5.11 Å². The summed E-state index contributed by atoms with van der Waals surface area (Å²) in [7, 11) is 0. The van der Waals surface area contributed by atoms with Crippen molar-refractivity contribution < 1.29 is 5.11 Å². The van der Waals surface area contributed by atoms with Crippen LogP contribution in [-0.2, 0) is 0 Å². The van der Waals surface area contributed by atoms with E-state index in [0.29, 0.717) is 0 Å². The second-order valence-electron chi connectivity index (χ2n) is 5.24. The van der Waals surface area contributed by atoms with Crippen LogP contribution in [0.5, 0.6) is 5.75 Å². The lowest BCUT2D eigenvalue weighted by Crippen LogP contribution is -2.18. The number of hydrogen-bond acceptors (Lipinski definition) is 4. The maximum absolute atomic E-state index is 9.51. The van der Waals surface area contributed by atoms with E-state index in [1.54, 1.807) is 23.5 Å². The van der Waals surface area contributed by atoms with Gasteiger partial charge in [-0.15, -0.1) is 11.3 Å². The average molecular weight is 322 g/mol. The Bertz CT molecular complexity index is 765. The van der Waals surface area contributed by atoms with Gasteiger partial charge in [0, 0.05) is 4.88 Å². The first-order chi connectivity index (χ1) is 11.2. The topological polar surface area (TPSA) is 44.6 Å². The molecular formula is C19H18N2OS. The molecule has 0 amide bonds. The van der Waals surface area contributed by atoms with Crippen molar-refractivity contribution in [3.63, 3.8) is 0 Å². The fourth-order valence-electron chi connectivity index (χ4n) is 2.35. The van der Waals surface area contributed by atoms with Crippen LogP contribution < -0.4 is 5.43 Å². The molecule has 4 heteroatoms. The molecule has 0 radical (unpaired) electrons. The number of rotatable bonds is 5. The summed E-state index contributed by atoms with van der Waals surface area (Å²) in [5.74, 6) is 0.263. The highest BCUT2D eigenvalue weighted by atomic mass is 32.1. The van der Waals surface area contributed by atoms with Crippen molar-refractivity contribution in [3.05, 3.63) is 88.1 Å². The molecule has 3 rings (SSSR count). The van der Waals surface area contributed by atoms with Gasteiger partial charge in [0.15, 0.2) is 0 Å². The van der Waals surface area contributed by atoms with E-state index in [9.17, 15) is 5.11 Å². The minimum Gasteiger partial charge on any atom is -0.508 e. The molecule has 1 aromatic heterocycles. The highest BCUT2D eigenvalue weighted by molar-refractivity contribution is 7.12. The molecule has 3 aromatic rings. The van der Waals surface area contributed by atoms with Crippen LogP contribution in [0.1, 0.15) is 29.0 Å². The summed E-state index contributed by atoms with van der Waals surface area (Å²) < 4.78 is 0. The van der Waals surface area contributed by atoms with Crippen molar-refractivity contribution in [1.82, 2.24) is 5.43 Å². The lowest BCUT2D eigenvalue weighted by molar-refractivity contribution is 0.474. The number of hydrazone groups is 1. The highest BCUT2D eigenvalue weighted by Gasteiger charge is 2.13. The van der Waals surface area contributed by atoms with Gasteiger partial charge >= 0.3 is 0 Å². The Balaban J connectivity index is 1.89. The molecule has 0 aliphatic heterocycles. The number of thiophene rings is 1. The number of phenols is 1. The van der Waals surface area contributed by atoms with Gasteiger partial charge in [0.25, 0.3) is 0 Å². The summed E-state index contributed by atoms with van der Waals surface area (Å²) in [5, 5.41) is 16.1. The zero-order valence-corrected chi connectivity index (χ0v) is 13.6. The van der Waals surface area contributed by atoms with Crippen LogP contribution in [0.15, 0.2) is 77.2 Å². The highest BCUT2D eigenvalue weighted by Crippen LogP contribution is 2.24. The molecule has 1 atom stereocenters. The molecule has 0 fully saturated rings. The van der Waals surface area contributed by atoms with E-state index >= 15 is 0 Å². The van der Waals surface area contributed by atoms with E-state index in [1.807, 2.05) is 48.7 Å². The van der Waals surface area contributed by atoms with E-state index in [2.05, 4.69) is 28.7 Å². The average Bonchev–Trinajstić information content (AvgIpc) is 3.12. The standard InChI is InChI=1S/C19H18N2OS/c1-14(18-8-5-13-23-18)20-21-19(15-6-3-2-4-7-15)16-9-11-17(22)12-10-16/h2-13,19,21-22H,1H3. The Hall–Kier alpha value is -2.59. The van der Waals surface area contributed by atoms with Crippen LogP contribution in [0, 0.1) is 0 Å². The Morgan fingerprint density at radius 1 is 0.957 bits per heavy atom. The maximum atomic E-state index is 9.51. The minimum absolute atomic E-state index is 0.0632. The molecular weight excluding hydrogens is 304 g/mol. The predicted molar refractivity (Wildman–Crippen MR) is 96.1 cm³/mol. The fourth-order valence-corrected chi connectivity index (χ4v) is 3.03. The zero-order chi connectivity index (χ0) is 16.1. The molecule has 0 aliphatic carbocycles. The maximum Gasteiger partial charge on any atom is 0.115 e. The van der Waals surface area contributed by atoms with Gasteiger partial charge in [-0.2, -0.15) is 5.10 Å². The summed E-state index contributed by atoms with van der Waals surface area (Å²) in [4.78, 5) is 1.15. The van der Waals surface area contributed by atoms with Crippen molar-refractivity contribution in [2.24, 2.45) is 5.10 Å². The Kier molecular flexibility index (Phi) is 4.74. The Labute approximate surface area is 139 Å². The third-order valence-corrected chi connectivity index (χ3v) is 4.58. The Morgan fingerprint density at radius 2 is 1.65 bits per heavy atom. The number of aromatic hydroxyl groups is 1. The van der Waals surface area contributed by atoms with Crippen LogP contribution >= 0.6 is 11.3 Å². The second kappa shape index (κ2) is 7.11. The van der Waals surface area contributed by atoms with Crippen molar-refractivity contribution in [2.75, 3.05) is 0 Å². The Morgan fingerprint density at radius 3 is 2.30 bits per heavy atom. The first-order valence-electron chi connectivity index (χ1n) is 7.41. The largest absolute Gasteiger partial charge is 0.508 e. The lowest BCUT2D eigenvalue weighted by atomic mass is 9.99. The molecule has 0 saturated carbocycles. The van der Waals surface area contributed by atoms with Crippen LogP contribution in [-0.4, -0.2) is 10.8 Å². The molecule has 3 nitrogen and oxygen atoms in total. The molecule has 0 aliphatic rings. The molecule has 1 unspecified atom stereocenters. The number of phenolic OH excluding ortho intramolecular Hbond substituents is 1. The van der Waals surface area contributed by atoms with Crippen molar-refractivity contribution in [1.29, 1.82) is 0 Å². The van der Waals surface area contributed by atoms with E-state index in [1.165, 1.54) is 0 Å². The van der Waals surface area contributed by atoms with E-state index in [-0.39, 0.29) is 11.8 Å². The van der Waals surface area contributed by atoms with Crippen molar-refractivity contribution >= 4 is 17.0 Å². The first kappa shape index (κ1) is 15.3. The third-order valence-electron chi connectivity index (χ3n) is 3.60. The molecule has 2 N–H and O–H groups in total. The zero-order valence-electron chi connectivity index (χ0n) is 12.8. The van der Waals surface area contributed by atoms with Gasteiger partial charge in [-0.1, -0.05) is 48.5 Å². The molecule has 0 spiro atoms. The van der Waals surface area contributed by atoms with E-state index in [4.69, 9.17) is 0 Å². The van der Waals surface area contributed by atoms with Gasteiger partial charge in [-0.05, 0) is 41.6 Å². The first-order valence-corrected chi connectivity index (χ1v) is 8.29. The van der Waals surface area contributed by atoms with Gasteiger partial charge in [0.1, 0.15) is 5.75 Å². The normalized spacial score (nSPS) is 12.8. The number of hydrogen-bond donors (Lipinski definition) is 2. The summed E-state index contributed by atoms with van der Waals surface area (Å²) in [6.45, 7) is 2.00. The SMILES string of the molecule is CC(=NNC(c1ccccc1)c1ccc(O)cc1)c1cccs1. The predicted octanol–water partition coefficient (Wildman–Crippen LogP) is 4.56. The lowest BCUT2D eigenvalue weighted by Gasteiger charge is -2.18. The second-order valence-corrected chi connectivity index (χ2v) is 6.19.